The van der Waals surface area contributed by atoms with Gasteiger partial charge in [-0.1, -0.05) is 0 Å². The molecule has 0 aliphatic heterocycles. The number of ether oxygens (including phenoxy) is 1. The third-order valence-corrected chi connectivity index (χ3v) is 3.25. The number of unbranched alkanes of at least 4 members (excludes halogenated alkanes) is 1. The summed E-state index contributed by atoms with van der Waals surface area (Å²) < 4.78 is 5.66. The Morgan fingerprint density at radius 2 is 1.89 bits per heavy atom. The van der Waals surface area contributed by atoms with Gasteiger partial charge >= 0.3 is 0 Å². The average molecular weight is 256 g/mol. The molecule has 1 fully saturated rings. The first-order valence-corrected chi connectivity index (χ1v) is 6.94. The van der Waals surface area contributed by atoms with E-state index in [2.05, 4.69) is 26.1 Å². The molecule has 18 heavy (non-hydrogen) atoms. The van der Waals surface area contributed by atoms with Gasteiger partial charge in [0.05, 0.1) is 11.1 Å². The van der Waals surface area contributed by atoms with Gasteiger partial charge in [-0.3, -0.25) is 4.79 Å². The number of nitrogens with two attached hydrogens (primary N) is 1. The van der Waals surface area contributed by atoms with Crippen LogP contribution in [0.2, 0.25) is 0 Å². The highest BCUT2D eigenvalue weighted by molar-refractivity contribution is 5.84. The van der Waals surface area contributed by atoms with Gasteiger partial charge in [-0.05, 0) is 59.8 Å². The summed E-state index contributed by atoms with van der Waals surface area (Å²) in [6.45, 7) is 8.81. The second kappa shape index (κ2) is 6.02. The van der Waals surface area contributed by atoms with E-state index in [0.717, 1.165) is 38.7 Å². The van der Waals surface area contributed by atoms with E-state index in [9.17, 15) is 4.79 Å². The van der Waals surface area contributed by atoms with E-state index in [4.69, 9.17) is 10.5 Å². The van der Waals surface area contributed by atoms with Gasteiger partial charge < -0.3 is 15.8 Å². The number of amides is 1. The lowest BCUT2D eigenvalue weighted by Crippen LogP contribution is -2.53. The Morgan fingerprint density at radius 1 is 1.28 bits per heavy atom. The Balaban J connectivity index is 2.23. The standard InChI is InChI=1S/C14H28N2O2/c1-13(2,3)18-10-6-5-9-14(4,12(15)17)16-11-7-8-11/h11,16H,5-10H2,1-4H3,(H2,15,17). The molecule has 1 amide bonds. The lowest BCUT2D eigenvalue weighted by Gasteiger charge is -2.28. The van der Waals surface area contributed by atoms with E-state index in [1.165, 1.54) is 0 Å². The molecule has 0 radical (unpaired) electrons. The van der Waals surface area contributed by atoms with E-state index < -0.39 is 5.54 Å². The van der Waals surface area contributed by atoms with Crippen molar-refractivity contribution in [1.29, 1.82) is 0 Å². The van der Waals surface area contributed by atoms with E-state index >= 15 is 0 Å². The summed E-state index contributed by atoms with van der Waals surface area (Å²) in [5.41, 5.74) is 4.86. The molecule has 4 heteroatoms. The fourth-order valence-electron chi connectivity index (χ4n) is 1.90. The van der Waals surface area contributed by atoms with Crippen molar-refractivity contribution in [2.24, 2.45) is 5.73 Å². The molecular formula is C14H28N2O2. The summed E-state index contributed by atoms with van der Waals surface area (Å²) in [6.07, 6.45) is 5.03. The molecule has 1 atom stereocenters. The van der Waals surface area contributed by atoms with Crippen LogP contribution < -0.4 is 11.1 Å². The predicted molar refractivity (Wildman–Crippen MR) is 73.3 cm³/mol. The fraction of sp³-hybridized carbons (Fsp3) is 0.929. The smallest absolute Gasteiger partial charge is 0.237 e. The van der Waals surface area contributed by atoms with Crippen molar-refractivity contribution >= 4 is 5.91 Å². The number of rotatable bonds is 8. The molecule has 0 aromatic rings. The molecule has 0 aromatic carbocycles. The van der Waals surface area contributed by atoms with E-state index in [1.54, 1.807) is 0 Å². The second-order valence-corrected chi connectivity index (χ2v) is 6.53. The quantitative estimate of drug-likeness (QED) is 0.653. The summed E-state index contributed by atoms with van der Waals surface area (Å²) >= 11 is 0. The predicted octanol–water partition coefficient (Wildman–Crippen LogP) is 1.97. The van der Waals surface area contributed by atoms with Crippen LogP contribution in [0.1, 0.15) is 59.8 Å². The second-order valence-electron chi connectivity index (χ2n) is 6.53. The topological polar surface area (TPSA) is 64.3 Å². The summed E-state index contributed by atoms with van der Waals surface area (Å²) in [7, 11) is 0. The molecule has 0 spiro atoms. The highest BCUT2D eigenvalue weighted by Gasteiger charge is 2.36. The summed E-state index contributed by atoms with van der Waals surface area (Å²) in [5, 5.41) is 3.36. The number of primary amides is 1. The van der Waals surface area contributed by atoms with Gasteiger partial charge in [0.25, 0.3) is 0 Å². The van der Waals surface area contributed by atoms with Gasteiger partial charge in [-0.15, -0.1) is 0 Å². The molecule has 1 saturated carbocycles. The first-order valence-electron chi connectivity index (χ1n) is 6.94. The van der Waals surface area contributed by atoms with Crippen LogP contribution in [-0.4, -0.2) is 29.7 Å². The highest BCUT2D eigenvalue weighted by atomic mass is 16.5. The third-order valence-electron chi connectivity index (χ3n) is 3.25. The van der Waals surface area contributed by atoms with Gasteiger partial charge in [0.2, 0.25) is 5.91 Å². The number of hydrogen-bond donors (Lipinski definition) is 2. The van der Waals surface area contributed by atoms with Crippen molar-refractivity contribution in [3.63, 3.8) is 0 Å². The summed E-state index contributed by atoms with van der Waals surface area (Å²) in [4.78, 5) is 11.5. The Kier molecular flexibility index (Phi) is 5.17. The van der Waals surface area contributed by atoms with E-state index in [1.807, 2.05) is 6.92 Å². The van der Waals surface area contributed by atoms with Crippen LogP contribution in [0.5, 0.6) is 0 Å². The molecule has 106 valence electrons. The largest absolute Gasteiger partial charge is 0.376 e. The Bertz CT molecular complexity index is 282. The molecular weight excluding hydrogens is 228 g/mol. The van der Waals surface area contributed by atoms with E-state index in [0.29, 0.717) is 6.04 Å². The molecule has 0 saturated heterocycles. The molecule has 1 aliphatic rings. The van der Waals surface area contributed by atoms with Crippen LogP contribution in [0.25, 0.3) is 0 Å². The third kappa shape index (κ3) is 5.83. The first-order chi connectivity index (χ1) is 8.23. The molecule has 0 heterocycles. The Morgan fingerprint density at radius 3 is 2.33 bits per heavy atom. The highest BCUT2D eigenvalue weighted by Crippen LogP contribution is 2.25. The van der Waals surface area contributed by atoms with Gasteiger partial charge in [0.15, 0.2) is 0 Å². The van der Waals surface area contributed by atoms with Crippen molar-refractivity contribution < 1.29 is 9.53 Å². The van der Waals surface area contributed by atoms with Crippen molar-refractivity contribution in [3.8, 4) is 0 Å². The number of nitrogens with one attached hydrogen (secondary N) is 1. The van der Waals surface area contributed by atoms with Crippen LogP contribution in [0, 0.1) is 0 Å². The van der Waals surface area contributed by atoms with Crippen LogP contribution in [0.3, 0.4) is 0 Å². The monoisotopic (exact) mass is 256 g/mol. The molecule has 4 nitrogen and oxygen atoms in total. The zero-order valence-electron chi connectivity index (χ0n) is 12.2. The van der Waals surface area contributed by atoms with Crippen LogP contribution in [0.15, 0.2) is 0 Å². The van der Waals surface area contributed by atoms with Gasteiger partial charge in [0.1, 0.15) is 0 Å². The van der Waals surface area contributed by atoms with Crippen LogP contribution in [-0.2, 0) is 9.53 Å². The molecule has 1 unspecified atom stereocenters. The van der Waals surface area contributed by atoms with Crippen molar-refractivity contribution in [2.45, 2.75) is 77.0 Å². The lowest BCUT2D eigenvalue weighted by molar-refractivity contribution is -0.124. The van der Waals surface area contributed by atoms with Gasteiger partial charge in [-0.25, -0.2) is 0 Å². The lowest BCUT2D eigenvalue weighted by atomic mass is 9.94. The van der Waals surface area contributed by atoms with Crippen molar-refractivity contribution in [3.05, 3.63) is 0 Å². The average Bonchev–Trinajstić information content (AvgIpc) is 2.99. The van der Waals surface area contributed by atoms with Gasteiger partial charge in [0, 0.05) is 12.6 Å². The maximum atomic E-state index is 11.5. The Hall–Kier alpha value is -0.610. The summed E-state index contributed by atoms with van der Waals surface area (Å²) in [6, 6.07) is 0.494. The molecule has 0 bridgehead atoms. The summed E-state index contributed by atoms with van der Waals surface area (Å²) in [5.74, 6) is -0.244. The zero-order valence-corrected chi connectivity index (χ0v) is 12.2. The molecule has 0 aromatic heterocycles. The molecule has 1 rings (SSSR count). The van der Waals surface area contributed by atoms with Crippen LogP contribution in [0.4, 0.5) is 0 Å². The maximum absolute atomic E-state index is 11.5. The first kappa shape index (κ1) is 15.4. The number of hydrogen-bond acceptors (Lipinski definition) is 3. The Labute approximate surface area is 111 Å². The SMILES string of the molecule is CC(C)(C)OCCCCC(C)(NC1CC1)C(N)=O. The van der Waals surface area contributed by atoms with E-state index in [-0.39, 0.29) is 11.5 Å². The number of carbonyl (C=O) groups is 1. The zero-order chi connectivity index (χ0) is 13.8. The minimum atomic E-state index is -0.553. The fourth-order valence-corrected chi connectivity index (χ4v) is 1.90. The molecule has 1 aliphatic carbocycles. The minimum Gasteiger partial charge on any atom is -0.376 e. The van der Waals surface area contributed by atoms with Gasteiger partial charge in [-0.2, -0.15) is 0 Å². The van der Waals surface area contributed by atoms with Crippen LogP contribution >= 0.6 is 0 Å². The minimum absolute atomic E-state index is 0.0841. The molecule has 3 N–H and O–H groups in total. The van der Waals surface area contributed by atoms with Crippen molar-refractivity contribution in [2.75, 3.05) is 6.61 Å². The normalized spacial score (nSPS) is 19.6. The van der Waals surface area contributed by atoms with Crippen molar-refractivity contribution in [1.82, 2.24) is 5.32 Å². The maximum Gasteiger partial charge on any atom is 0.237 e. The number of carbonyl (C=O) groups excluding carboxylic acids is 1.